The zero-order valence-corrected chi connectivity index (χ0v) is 16.2. The molecule has 0 aromatic heterocycles. The summed E-state index contributed by atoms with van der Waals surface area (Å²) in [6, 6.07) is 16.7. The molecule has 0 amide bonds. The second-order valence-electron chi connectivity index (χ2n) is 7.71. The van der Waals surface area contributed by atoms with Crippen molar-refractivity contribution in [3.63, 3.8) is 0 Å². The van der Waals surface area contributed by atoms with Crippen molar-refractivity contribution in [2.45, 2.75) is 43.6 Å². The smallest absolute Gasteiger partial charge is 0.119 e. The van der Waals surface area contributed by atoms with Crippen LogP contribution >= 0.6 is 0 Å². The van der Waals surface area contributed by atoms with Crippen LogP contribution in [0.15, 0.2) is 48.5 Å². The van der Waals surface area contributed by atoms with Gasteiger partial charge in [-0.2, -0.15) is 0 Å². The zero-order chi connectivity index (χ0) is 18.6. The maximum atomic E-state index is 12.0. The fourth-order valence-corrected chi connectivity index (χ4v) is 4.36. The highest BCUT2D eigenvalue weighted by Crippen LogP contribution is 2.47. The lowest BCUT2D eigenvalue weighted by atomic mass is 9.73. The van der Waals surface area contributed by atoms with Gasteiger partial charge in [-0.3, -0.25) is 0 Å². The molecule has 0 saturated carbocycles. The Hall–Kier alpha value is -1.84. The number of hydrogen-bond donors (Lipinski definition) is 1. The quantitative estimate of drug-likeness (QED) is 0.784. The summed E-state index contributed by atoms with van der Waals surface area (Å²) >= 11 is 0. The molecule has 1 aliphatic rings. The fraction of sp³-hybridized carbons (Fsp3) is 0.478. The summed E-state index contributed by atoms with van der Waals surface area (Å²) in [5.74, 6) is 0.944. The number of hydrogen-bond acceptors (Lipinski definition) is 3. The van der Waals surface area contributed by atoms with Crippen LogP contribution in [0.2, 0.25) is 0 Å². The molecule has 0 bridgehead atoms. The van der Waals surface area contributed by atoms with Gasteiger partial charge in [0.2, 0.25) is 0 Å². The van der Waals surface area contributed by atoms with Gasteiger partial charge in [-0.25, -0.2) is 0 Å². The van der Waals surface area contributed by atoms with Crippen LogP contribution in [-0.4, -0.2) is 37.8 Å². The van der Waals surface area contributed by atoms with Crippen LogP contribution in [0.3, 0.4) is 0 Å². The van der Waals surface area contributed by atoms with E-state index in [0.29, 0.717) is 0 Å². The van der Waals surface area contributed by atoms with Gasteiger partial charge in [0.05, 0.1) is 12.7 Å². The predicted octanol–water partition coefficient (Wildman–Crippen LogP) is 4.34. The molecule has 2 aromatic rings. The summed E-state index contributed by atoms with van der Waals surface area (Å²) in [5.41, 5.74) is 2.75. The maximum absolute atomic E-state index is 12.0. The first-order chi connectivity index (χ1) is 12.5. The number of aryl methyl sites for hydroxylation is 1. The molecule has 1 aliphatic carbocycles. The predicted molar refractivity (Wildman–Crippen MR) is 107 cm³/mol. The van der Waals surface area contributed by atoms with Crippen LogP contribution in [0.1, 0.15) is 48.3 Å². The minimum atomic E-state index is -0.838. The first-order valence-electron chi connectivity index (χ1n) is 9.64. The summed E-state index contributed by atoms with van der Waals surface area (Å²) in [7, 11) is 5.88. The van der Waals surface area contributed by atoms with Crippen molar-refractivity contribution in [3.8, 4) is 5.75 Å². The number of methoxy groups -OCH3 is 1. The molecule has 2 aromatic carbocycles. The van der Waals surface area contributed by atoms with E-state index in [0.717, 1.165) is 50.0 Å². The Balaban J connectivity index is 2.02. The van der Waals surface area contributed by atoms with Gasteiger partial charge in [-0.05, 0) is 81.6 Å². The lowest BCUT2D eigenvalue weighted by Crippen LogP contribution is -2.34. The molecule has 1 N–H and O–H groups in total. The molecular weight excluding hydrogens is 322 g/mol. The Kier molecular flexibility index (Phi) is 6.00. The summed E-state index contributed by atoms with van der Waals surface area (Å²) in [4.78, 5) is 2.19. The second kappa shape index (κ2) is 8.24. The van der Waals surface area contributed by atoms with E-state index in [4.69, 9.17) is 4.74 Å². The Morgan fingerprint density at radius 1 is 1.15 bits per heavy atom. The Morgan fingerprint density at radius 2 is 1.96 bits per heavy atom. The summed E-state index contributed by atoms with van der Waals surface area (Å²) < 4.78 is 5.44. The van der Waals surface area contributed by atoms with E-state index in [-0.39, 0.29) is 5.92 Å². The largest absolute Gasteiger partial charge is 0.497 e. The molecule has 0 aliphatic heterocycles. The van der Waals surface area contributed by atoms with Gasteiger partial charge in [-0.15, -0.1) is 0 Å². The molecule has 0 fully saturated rings. The number of fused-ring (bicyclic) bond motifs is 1. The third-order valence-corrected chi connectivity index (χ3v) is 5.66. The summed E-state index contributed by atoms with van der Waals surface area (Å²) in [6.45, 7) is 0.981. The van der Waals surface area contributed by atoms with E-state index in [1.807, 2.05) is 12.1 Å². The highest BCUT2D eigenvalue weighted by Gasteiger charge is 2.41. The van der Waals surface area contributed by atoms with Crippen LogP contribution in [-0.2, 0) is 12.0 Å². The molecule has 0 spiro atoms. The highest BCUT2D eigenvalue weighted by atomic mass is 16.5. The minimum Gasteiger partial charge on any atom is -0.497 e. The summed E-state index contributed by atoms with van der Waals surface area (Å²) in [5, 5.41) is 12.0. The standard InChI is InChI=1S/C23H31NO2/c1-24(2)16-8-15-23(25)21-13-5-4-9-18(21)10-7-14-22(23)19-11-6-12-20(17-19)26-3/h4-6,9,11-13,17,22,25H,7-8,10,14-16H2,1-3H3. The minimum absolute atomic E-state index is 0.0865. The molecule has 2 atom stereocenters. The average molecular weight is 354 g/mol. The van der Waals surface area contributed by atoms with E-state index in [2.05, 4.69) is 55.4 Å². The van der Waals surface area contributed by atoms with E-state index >= 15 is 0 Å². The third kappa shape index (κ3) is 3.94. The molecule has 3 rings (SSSR count). The number of nitrogens with zero attached hydrogens (tertiary/aromatic N) is 1. The van der Waals surface area contributed by atoms with Gasteiger partial charge in [0.25, 0.3) is 0 Å². The number of rotatable bonds is 6. The Labute approximate surface area is 157 Å². The van der Waals surface area contributed by atoms with Crippen molar-refractivity contribution < 1.29 is 9.84 Å². The normalized spacial score (nSPS) is 22.7. The molecular formula is C23H31NO2. The fourth-order valence-electron chi connectivity index (χ4n) is 4.36. The second-order valence-corrected chi connectivity index (χ2v) is 7.71. The van der Waals surface area contributed by atoms with Crippen LogP contribution < -0.4 is 4.74 Å². The number of benzene rings is 2. The molecule has 0 heterocycles. The van der Waals surface area contributed by atoms with Gasteiger partial charge < -0.3 is 14.7 Å². The Bertz CT molecular complexity index is 728. The topological polar surface area (TPSA) is 32.7 Å². The van der Waals surface area contributed by atoms with Gasteiger partial charge in [-0.1, -0.05) is 36.4 Å². The first kappa shape index (κ1) is 18.9. The lowest BCUT2D eigenvalue weighted by molar-refractivity contribution is -0.00608. The van der Waals surface area contributed by atoms with Gasteiger partial charge in [0.1, 0.15) is 5.75 Å². The zero-order valence-electron chi connectivity index (χ0n) is 16.2. The molecule has 0 saturated heterocycles. The monoisotopic (exact) mass is 353 g/mol. The first-order valence-corrected chi connectivity index (χ1v) is 9.64. The summed E-state index contributed by atoms with van der Waals surface area (Å²) in [6.07, 6.45) is 4.85. The van der Waals surface area contributed by atoms with Crippen LogP contribution in [0.5, 0.6) is 5.75 Å². The molecule has 3 heteroatoms. The average Bonchev–Trinajstić information content (AvgIpc) is 2.79. The van der Waals surface area contributed by atoms with Crippen molar-refractivity contribution in [2.75, 3.05) is 27.7 Å². The molecule has 140 valence electrons. The van der Waals surface area contributed by atoms with Crippen molar-refractivity contribution >= 4 is 0 Å². The lowest BCUT2D eigenvalue weighted by Gasteiger charge is -2.37. The van der Waals surface area contributed by atoms with Crippen molar-refractivity contribution in [1.82, 2.24) is 4.90 Å². The van der Waals surface area contributed by atoms with Crippen molar-refractivity contribution in [1.29, 1.82) is 0 Å². The van der Waals surface area contributed by atoms with E-state index < -0.39 is 5.60 Å². The maximum Gasteiger partial charge on any atom is 0.119 e. The van der Waals surface area contributed by atoms with Crippen LogP contribution in [0.4, 0.5) is 0 Å². The van der Waals surface area contributed by atoms with Gasteiger partial charge in [0, 0.05) is 5.92 Å². The molecule has 26 heavy (non-hydrogen) atoms. The van der Waals surface area contributed by atoms with Gasteiger partial charge >= 0.3 is 0 Å². The van der Waals surface area contributed by atoms with E-state index in [9.17, 15) is 5.11 Å². The number of aliphatic hydroxyl groups is 1. The van der Waals surface area contributed by atoms with E-state index in [1.54, 1.807) is 7.11 Å². The van der Waals surface area contributed by atoms with E-state index in [1.165, 1.54) is 11.1 Å². The van der Waals surface area contributed by atoms with Crippen LogP contribution in [0.25, 0.3) is 0 Å². The van der Waals surface area contributed by atoms with Crippen molar-refractivity contribution in [3.05, 3.63) is 65.2 Å². The highest BCUT2D eigenvalue weighted by molar-refractivity contribution is 5.40. The van der Waals surface area contributed by atoms with Gasteiger partial charge in [0.15, 0.2) is 0 Å². The van der Waals surface area contributed by atoms with Crippen molar-refractivity contribution in [2.24, 2.45) is 0 Å². The molecule has 3 nitrogen and oxygen atoms in total. The number of ether oxygens (including phenoxy) is 1. The SMILES string of the molecule is COc1cccc(C2CCCc3ccccc3C2(O)CCCN(C)C)c1. The molecule has 2 unspecified atom stereocenters. The Morgan fingerprint density at radius 3 is 2.73 bits per heavy atom. The third-order valence-electron chi connectivity index (χ3n) is 5.66. The van der Waals surface area contributed by atoms with Crippen LogP contribution in [0, 0.1) is 0 Å². The molecule has 0 radical (unpaired) electrons.